The molecule has 1 saturated heterocycles. The van der Waals surface area contributed by atoms with E-state index in [0.717, 1.165) is 42.2 Å². The second kappa shape index (κ2) is 6.20. The van der Waals surface area contributed by atoms with Gasteiger partial charge in [0.2, 0.25) is 0 Å². The molecule has 0 aliphatic carbocycles. The van der Waals surface area contributed by atoms with Crippen molar-refractivity contribution in [3.05, 3.63) is 41.4 Å². The van der Waals surface area contributed by atoms with E-state index in [2.05, 4.69) is 20.4 Å². The van der Waals surface area contributed by atoms with Crippen LogP contribution in [0.5, 0.6) is 0 Å². The maximum Gasteiger partial charge on any atom is 0.274 e. The summed E-state index contributed by atoms with van der Waals surface area (Å²) in [5, 5.41) is 17.4. The predicted octanol–water partition coefficient (Wildman–Crippen LogP) is 2.63. The van der Waals surface area contributed by atoms with Crippen LogP contribution in [0.1, 0.15) is 41.6 Å². The zero-order chi connectivity index (χ0) is 16.5. The van der Waals surface area contributed by atoms with Crippen molar-refractivity contribution in [1.82, 2.24) is 29.9 Å². The molecule has 1 amide bonds. The molecule has 0 spiro atoms. The van der Waals surface area contributed by atoms with Gasteiger partial charge in [-0.3, -0.25) is 9.89 Å². The van der Waals surface area contributed by atoms with Crippen LogP contribution < -0.4 is 0 Å². The number of thiophene rings is 1. The molecule has 124 valence electrons. The lowest BCUT2D eigenvalue weighted by molar-refractivity contribution is 0.0590. The van der Waals surface area contributed by atoms with E-state index in [9.17, 15) is 4.79 Å². The number of aryl methyl sites for hydroxylation is 1. The van der Waals surface area contributed by atoms with Gasteiger partial charge in [-0.1, -0.05) is 6.07 Å². The normalized spacial score (nSPS) is 18.0. The molecule has 1 fully saturated rings. The fourth-order valence-corrected chi connectivity index (χ4v) is 3.87. The van der Waals surface area contributed by atoms with Crippen molar-refractivity contribution in [2.24, 2.45) is 7.05 Å². The zero-order valence-corrected chi connectivity index (χ0v) is 14.2. The third-order valence-corrected chi connectivity index (χ3v) is 5.29. The average Bonchev–Trinajstić information content (AvgIpc) is 3.35. The molecule has 3 aromatic heterocycles. The maximum atomic E-state index is 13.0. The number of aromatic nitrogens is 5. The first-order valence-corrected chi connectivity index (χ1v) is 8.86. The minimum Gasteiger partial charge on any atom is -0.327 e. The lowest BCUT2D eigenvalue weighted by atomic mass is 10.0. The Bertz CT molecular complexity index is 837. The Morgan fingerprint density at radius 2 is 2.33 bits per heavy atom. The van der Waals surface area contributed by atoms with Crippen LogP contribution in [-0.2, 0) is 7.05 Å². The van der Waals surface area contributed by atoms with Gasteiger partial charge < -0.3 is 9.47 Å². The molecule has 1 unspecified atom stereocenters. The first-order chi connectivity index (χ1) is 11.7. The highest BCUT2D eigenvalue weighted by molar-refractivity contribution is 7.13. The van der Waals surface area contributed by atoms with Gasteiger partial charge in [0, 0.05) is 13.6 Å². The smallest absolute Gasteiger partial charge is 0.274 e. The number of nitrogens with zero attached hydrogens (tertiary/aromatic N) is 5. The van der Waals surface area contributed by atoms with Crippen molar-refractivity contribution in [3.63, 3.8) is 0 Å². The van der Waals surface area contributed by atoms with Crippen LogP contribution in [-0.4, -0.2) is 42.3 Å². The molecule has 4 rings (SSSR count). The number of carbonyl (C=O) groups is 1. The van der Waals surface area contributed by atoms with Gasteiger partial charge in [-0.05, 0) is 36.8 Å². The monoisotopic (exact) mass is 342 g/mol. The summed E-state index contributed by atoms with van der Waals surface area (Å²) in [6.07, 6.45) is 4.67. The number of rotatable bonds is 3. The summed E-state index contributed by atoms with van der Waals surface area (Å²) in [5.41, 5.74) is 1.33. The van der Waals surface area contributed by atoms with E-state index in [1.165, 1.54) is 0 Å². The molecule has 1 N–H and O–H groups in total. The lowest BCUT2D eigenvalue weighted by Gasteiger charge is -2.34. The first-order valence-electron chi connectivity index (χ1n) is 7.98. The van der Waals surface area contributed by atoms with Crippen molar-refractivity contribution in [2.45, 2.75) is 25.3 Å². The molecule has 0 saturated carbocycles. The molecular weight excluding hydrogens is 324 g/mol. The second-order valence-electron chi connectivity index (χ2n) is 5.95. The van der Waals surface area contributed by atoms with Gasteiger partial charge in [-0.25, -0.2) is 0 Å². The summed E-state index contributed by atoms with van der Waals surface area (Å²) in [6.45, 7) is 0.720. The number of aromatic amines is 1. The number of amides is 1. The number of likely N-dealkylation sites (tertiary alicyclic amines) is 1. The molecule has 8 heteroatoms. The van der Waals surface area contributed by atoms with Gasteiger partial charge in [0.05, 0.1) is 16.6 Å². The lowest BCUT2D eigenvalue weighted by Crippen LogP contribution is -2.39. The second-order valence-corrected chi connectivity index (χ2v) is 6.90. The SMILES string of the molecule is Cn1cnnc1C1CCCCN1C(=O)c1cc(-c2cccs2)[nH]n1. The van der Waals surface area contributed by atoms with Crippen LogP contribution in [0.25, 0.3) is 10.6 Å². The summed E-state index contributed by atoms with van der Waals surface area (Å²) >= 11 is 1.62. The Hall–Kier alpha value is -2.48. The molecule has 7 nitrogen and oxygen atoms in total. The summed E-state index contributed by atoms with van der Waals surface area (Å²) in [6, 6.07) is 5.78. The Morgan fingerprint density at radius 1 is 1.42 bits per heavy atom. The molecule has 1 aliphatic rings. The Morgan fingerprint density at radius 3 is 3.08 bits per heavy atom. The van der Waals surface area contributed by atoms with Crippen molar-refractivity contribution in [3.8, 4) is 10.6 Å². The molecular formula is C16H18N6OS. The fraction of sp³-hybridized carbons (Fsp3) is 0.375. The number of nitrogens with one attached hydrogen (secondary N) is 1. The van der Waals surface area contributed by atoms with Gasteiger partial charge in [-0.15, -0.1) is 21.5 Å². The number of hydrogen-bond acceptors (Lipinski definition) is 5. The van der Waals surface area contributed by atoms with E-state index in [1.54, 1.807) is 17.7 Å². The van der Waals surface area contributed by atoms with Gasteiger partial charge in [0.1, 0.15) is 6.33 Å². The third-order valence-electron chi connectivity index (χ3n) is 4.39. The third kappa shape index (κ3) is 2.62. The summed E-state index contributed by atoms with van der Waals surface area (Å²) < 4.78 is 1.89. The van der Waals surface area contributed by atoms with E-state index >= 15 is 0 Å². The number of carbonyl (C=O) groups excluding carboxylic acids is 1. The van der Waals surface area contributed by atoms with Crippen LogP contribution >= 0.6 is 11.3 Å². The molecule has 24 heavy (non-hydrogen) atoms. The quantitative estimate of drug-likeness (QED) is 0.793. The zero-order valence-electron chi connectivity index (χ0n) is 13.3. The van der Waals surface area contributed by atoms with Crippen LogP contribution in [0.3, 0.4) is 0 Å². The van der Waals surface area contributed by atoms with Crippen LogP contribution in [0, 0.1) is 0 Å². The predicted molar refractivity (Wildman–Crippen MR) is 90.5 cm³/mol. The van der Waals surface area contributed by atoms with Crippen molar-refractivity contribution >= 4 is 17.2 Å². The van der Waals surface area contributed by atoms with Gasteiger partial charge in [-0.2, -0.15) is 5.10 Å². The highest BCUT2D eigenvalue weighted by Gasteiger charge is 2.32. The van der Waals surface area contributed by atoms with Gasteiger partial charge >= 0.3 is 0 Å². The van der Waals surface area contributed by atoms with Crippen molar-refractivity contribution in [1.29, 1.82) is 0 Å². The van der Waals surface area contributed by atoms with E-state index in [-0.39, 0.29) is 11.9 Å². The van der Waals surface area contributed by atoms with E-state index in [4.69, 9.17) is 0 Å². The number of H-pyrrole nitrogens is 1. The van der Waals surface area contributed by atoms with Gasteiger partial charge in [0.15, 0.2) is 11.5 Å². The van der Waals surface area contributed by atoms with Crippen LogP contribution in [0.2, 0.25) is 0 Å². The largest absolute Gasteiger partial charge is 0.327 e. The average molecular weight is 342 g/mol. The summed E-state index contributed by atoms with van der Waals surface area (Å²) in [7, 11) is 1.91. The molecule has 0 aromatic carbocycles. The minimum atomic E-state index is -0.0539. The topological polar surface area (TPSA) is 79.7 Å². The van der Waals surface area contributed by atoms with Crippen LogP contribution in [0.15, 0.2) is 29.9 Å². The molecule has 0 bridgehead atoms. The Balaban J connectivity index is 1.61. The fourth-order valence-electron chi connectivity index (χ4n) is 3.17. The van der Waals surface area contributed by atoms with Crippen molar-refractivity contribution < 1.29 is 4.79 Å². The van der Waals surface area contributed by atoms with E-state index in [1.807, 2.05) is 40.1 Å². The highest BCUT2D eigenvalue weighted by atomic mass is 32.1. The summed E-state index contributed by atoms with van der Waals surface area (Å²) in [4.78, 5) is 15.9. The standard InChI is InChI=1S/C16H18N6OS/c1-21-10-17-20-15(21)13-5-2-3-7-22(13)16(23)12-9-11(18-19-12)14-6-4-8-24-14/h4,6,8-10,13H,2-3,5,7H2,1H3,(H,18,19). The number of hydrogen-bond donors (Lipinski definition) is 1. The van der Waals surface area contributed by atoms with Crippen molar-refractivity contribution in [2.75, 3.05) is 6.54 Å². The molecule has 1 atom stereocenters. The first kappa shape index (κ1) is 15.1. The molecule has 0 radical (unpaired) electrons. The molecule has 4 heterocycles. The maximum absolute atomic E-state index is 13.0. The highest BCUT2D eigenvalue weighted by Crippen LogP contribution is 2.31. The van der Waals surface area contributed by atoms with Crippen LogP contribution in [0.4, 0.5) is 0 Å². The van der Waals surface area contributed by atoms with E-state index < -0.39 is 0 Å². The number of piperidine rings is 1. The van der Waals surface area contributed by atoms with E-state index in [0.29, 0.717) is 5.69 Å². The minimum absolute atomic E-state index is 0.0411. The molecule has 3 aromatic rings. The van der Waals surface area contributed by atoms with Gasteiger partial charge in [0.25, 0.3) is 5.91 Å². The molecule has 1 aliphatic heterocycles. The Labute approximate surface area is 143 Å². The Kier molecular flexibility index (Phi) is 3.89. The summed E-state index contributed by atoms with van der Waals surface area (Å²) in [5.74, 6) is 0.777.